The summed E-state index contributed by atoms with van der Waals surface area (Å²) in [7, 11) is 1.70. The summed E-state index contributed by atoms with van der Waals surface area (Å²) in [5.41, 5.74) is 5.93. The van der Waals surface area contributed by atoms with Gasteiger partial charge in [-0.1, -0.05) is 11.3 Å². The first-order valence-corrected chi connectivity index (χ1v) is 8.35. The van der Waals surface area contributed by atoms with Crippen LogP contribution in [0.5, 0.6) is 0 Å². The van der Waals surface area contributed by atoms with E-state index < -0.39 is 0 Å². The minimum Gasteiger partial charge on any atom is -0.382 e. The van der Waals surface area contributed by atoms with Crippen LogP contribution in [0, 0.1) is 0 Å². The summed E-state index contributed by atoms with van der Waals surface area (Å²) in [6.45, 7) is 2.00. The van der Waals surface area contributed by atoms with Crippen LogP contribution in [0.3, 0.4) is 0 Å². The number of nitrogens with one attached hydrogen (secondary N) is 1. The number of methoxy groups -OCH3 is 1. The molecule has 3 rings (SSSR count). The number of aromatic nitrogens is 1. The number of carbonyl (C=O) groups excluding carboxylic acids is 1. The van der Waals surface area contributed by atoms with Crippen molar-refractivity contribution in [1.82, 2.24) is 10.3 Å². The van der Waals surface area contributed by atoms with Crippen LogP contribution >= 0.6 is 11.3 Å². The zero-order valence-corrected chi connectivity index (χ0v) is 13.1. The number of hydrogen-bond acceptors (Lipinski definition) is 6. The van der Waals surface area contributed by atoms with E-state index in [-0.39, 0.29) is 18.1 Å². The number of nitrogen functional groups attached to an aromatic ring is 1. The molecule has 2 atom stereocenters. The van der Waals surface area contributed by atoms with Crippen LogP contribution in [0.4, 0.5) is 10.9 Å². The molecule has 21 heavy (non-hydrogen) atoms. The highest BCUT2D eigenvalue weighted by Crippen LogP contribution is 2.31. The fourth-order valence-electron chi connectivity index (χ4n) is 3.13. The highest BCUT2D eigenvalue weighted by molar-refractivity contribution is 7.18. The lowest BCUT2D eigenvalue weighted by molar-refractivity contribution is 0.0725. The van der Waals surface area contributed by atoms with Gasteiger partial charge in [0.1, 0.15) is 10.7 Å². The van der Waals surface area contributed by atoms with E-state index in [4.69, 9.17) is 10.5 Å². The number of carbonyl (C=O) groups is 1. The first-order valence-electron chi connectivity index (χ1n) is 7.54. The van der Waals surface area contributed by atoms with Gasteiger partial charge in [0.05, 0.1) is 12.1 Å². The lowest BCUT2D eigenvalue weighted by atomic mass is 10.2. The van der Waals surface area contributed by atoms with Crippen molar-refractivity contribution in [3.8, 4) is 0 Å². The molecule has 1 aliphatic carbocycles. The number of thiazole rings is 1. The van der Waals surface area contributed by atoms with Gasteiger partial charge in [0.25, 0.3) is 5.91 Å². The molecular weight excluding hydrogens is 288 g/mol. The van der Waals surface area contributed by atoms with Crippen molar-refractivity contribution < 1.29 is 9.53 Å². The summed E-state index contributed by atoms with van der Waals surface area (Å²) in [4.78, 5) is 19.5. The fourth-order valence-corrected chi connectivity index (χ4v) is 4.07. The maximum Gasteiger partial charge on any atom is 0.265 e. The molecule has 1 saturated carbocycles. The van der Waals surface area contributed by atoms with Crippen molar-refractivity contribution in [2.45, 2.75) is 44.2 Å². The van der Waals surface area contributed by atoms with E-state index in [0.29, 0.717) is 10.7 Å². The van der Waals surface area contributed by atoms with Gasteiger partial charge in [0.15, 0.2) is 5.13 Å². The van der Waals surface area contributed by atoms with Gasteiger partial charge in [-0.3, -0.25) is 4.79 Å². The van der Waals surface area contributed by atoms with Gasteiger partial charge in [0.2, 0.25) is 0 Å². The molecule has 2 fully saturated rings. The molecule has 2 aliphatic rings. The fraction of sp³-hybridized carbons (Fsp3) is 0.714. The summed E-state index contributed by atoms with van der Waals surface area (Å²) >= 11 is 1.39. The molecule has 2 unspecified atom stereocenters. The summed E-state index contributed by atoms with van der Waals surface area (Å²) in [5.74, 6) is 0.218. The second-order valence-electron chi connectivity index (χ2n) is 5.69. The minimum absolute atomic E-state index is 0.0826. The normalized spacial score (nSPS) is 25.5. The number of nitrogens with two attached hydrogens (primary N) is 1. The predicted molar refractivity (Wildman–Crippen MR) is 83.9 cm³/mol. The second-order valence-corrected chi connectivity index (χ2v) is 6.67. The van der Waals surface area contributed by atoms with E-state index in [0.717, 1.165) is 37.5 Å². The Morgan fingerprint density at radius 3 is 2.86 bits per heavy atom. The molecular formula is C14H22N4O2S. The number of rotatable bonds is 4. The average Bonchev–Trinajstić information content (AvgIpc) is 3.17. The van der Waals surface area contributed by atoms with E-state index >= 15 is 0 Å². The topological polar surface area (TPSA) is 80.5 Å². The van der Waals surface area contributed by atoms with Crippen molar-refractivity contribution in [2.24, 2.45) is 0 Å². The van der Waals surface area contributed by atoms with Crippen LogP contribution in [-0.2, 0) is 4.74 Å². The van der Waals surface area contributed by atoms with Gasteiger partial charge in [-0.05, 0) is 32.1 Å². The Labute approximate surface area is 128 Å². The lowest BCUT2D eigenvalue weighted by Gasteiger charge is -2.19. The largest absolute Gasteiger partial charge is 0.382 e. The molecule has 116 valence electrons. The molecule has 1 aliphatic heterocycles. The van der Waals surface area contributed by atoms with E-state index in [1.54, 1.807) is 7.11 Å². The van der Waals surface area contributed by atoms with Crippen molar-refractivity contribution in [3.05, 3.63) is 4.88 Å². The van der Waals surface area contributed by atoms with Crippen LogP contribution < -0.4 is 16.0 Å². The van der Waals surface area contributed by atoms with Crippen LogP contribution in [0.25, 0.3) is 0 Å². The third-order valence-corrected chi connectivity index (χ3v) is 5.43. The molecule has 2 heterocycles. The Morgan fingerprint density at radius 2 is 2.14 bits per heavy atom. The SMILES string of the molecule is COC1CCCC1NC(=O)c1sc(N2CCCC2)nc1N. The number of hydrogen-bond donors (Lipinski definition) is 2. The van der Waals surface area contributed by atoms with E-state index in [2.05, 4.69) is 15.2 Å². The average molecular weight is 310 g/mol. The first kappa shape index (κ1) is 14.6. The molecule has 1 saturated heterocycles. The number of nitrogens with zero attached hydrogens (tertiary/aromatic N) is 2. The molecule has 1 amide bonds. The molecule has 1 aromatic rings. The molecule has 1 aromatic heterocycles. The predicted octanol–water partition coefficient (Wildman–Crippen LogP) is 1.62. The molecule has 0 bridgehead atoms. The minimum atomic E-state index is -0.121. The highest BCUT2D eigenvalue weighted by Gasteiger charge is 2.30. The quantitative estimate of drug-likeness (QED) is 0.883. The Morgan fingerprint density at radius 1 is 1.38 bits per heavy atom. The zero-order valence-electron chi connectivity index (χ0n) is 12.3. The van der Waals surface area contributed by atoms with Crippen LogP contribution in [0.1, 0.15) is 41.8 Å². The summed E-state index contributed by atoms with van der Waals surface area (Å²) < 4.78 is 5.41. The van der Waals surface area contributed by atoms with E-state index in [1.165, 1.54) is 24.2 Å². The summed E-state index contributed by atoms with van der Waals surface area (Å²) in [6, 6.07) is 0.0826. The molecule has 3 N–H and O–H groups in total. The zero-order chi connectivity index (χ0) is 14.8. The Hall–Kier alpha value is -1.34. The molecule has 0 aromatic carbocycles. The smallest absolute Gasteiger partial charge is 0.265 e. The van der Waals surface area contributed by atoms with Crippen molar-refractivity contribution >= 4 is 28.2 Å². The Balaban J connectivity index is 1.69. The van der Waals surface area contributed by atoms with Crippen molar-refractivity contribution in [2.75, 3.05) is 30.8 Å². The van der Waals surface area contributed by atoms with E-state index in [9.17, 15) is 4.79 Å². The van der Waals surface area contributed by atoms with Crippen molar-refractivity contribution in [1.29, 1.82) is 0 Å². The van der Waals surface area contributed by atoms with Crippen molar-refractivity contribution in [3.63, 3.8) is 0 Å². The Bertz CT molecular complexity index is 513. The lowest BCUT2D eigenvalue weighted by Crippen LogP contribution is -2.40. The first-order chi connectivity index (χ1) is 10.2. The third-order valence-electron chi connectivity index (χ3n) is 4.30. The highest BCUT2D eigenvalue weighted by atomic mass is 32.1. The van der Waals surface area contributed by atoms with Gasteiger partial charge in [-0.2, -0.15) is 0 Å². The Kier molecular flexibility index (Phi) is 4.30. The van der Waals surface area contributed by atoms with Crippen LogP contribution in [0.2, 0.25) is 0 Å². The molecule has 0 radical (unpaired) electrons. The number of ether oxygens (including phenoxy) is 1. The third kappa shape index (κ3) is 2.98. The van der Waals surface area contributed by atoms with Gasteiger partial charge >= 0.3 is 0 Å². The molecule has 0 spiro atoms. The van der Waals surface area contributed by atoms with Crippen LogP contribution in [-0.4, -0.2) is 43.2 Å². The molecule has 6 nitrogen and oxygen atoms in total. The van der Waals surface area contributed by atoms with E-state index in [1.807, 2.05) is 0 Å². The van der Waals surface area contributed by atoms with Gasteiger partial charge < -0.3 is 20.7 Å². The molecule has 7 heteroatoms. The van der Waals surface area contributed by atoms with Gasteiger partial charge in [-0.25, -0.2) is 4.98 Å². The van der Waals surface area contributed by atoms with Gasteiger partial charge in [0, 0.05) is 20.2 Å². The van der Waals surface area contributed by atoms with Gasteiger partial charge in [-0.15, -0.1) is 0 Å². The number of amides is 1. The summed E-state index contributed by atoms with van der Waals surface area (Å²) in [6.07, 6.45) is 5.51. The maximum absolute atomic E-state index is 12.4. The summed E-state index contributed by atoms with van der Waals surface area (Å²) in [5, 5.41) is 3.91. The number of anilines is 2. The van der Waals surface area contributed by atoms with Crippen LogP contribution in [0.15, 0.2) is 0 Å². The standard InChI is InChI=1S/C14H22N4O2S/c1-20-10-6-4-5-9(10)16-13(19)11-12(15)17-14(21-11)18-7-2-3-8-18/h9-10H,2-8,15H2,1H3,(H,16,19). The maximum atomic E-state index is 12.4. The second kappa shape index (κ2) is 6.19. The monoisotopic (exact) mass is 310 g/mol.